The summed E-state index contributed by atoms with van der Waals surface area (Å²) < 4.78 is 2.61. The highest BCUT2D eigenvalue weighted by atomic mass is 32.1. The van der Waals surface area contributed by atoms with E-state index in [0.29, 0.717) is 0 Å². The van der Waals surface area contributed by atoms with Crippen molar-refractivity contribution in [1.29, 1.82) is 0 Å². The molecule has 0 fully saturated rings. The highest BCUT2D eigenvalue weighted by molar-refractivity contribution is 7.25. The number of rotatable bonds is 1. The number of thiophene rings is 1. The zero-order chi connectivity index (χ0) is 36.7. The summed E-state index contributed by atoms with van der Waals surface area (Å²) in [5, 5.41) is 15.0. The van der Waals surface area contributed by atoms with Gasteiger partial charge < -0.3 is 4.90 Å². The van der Waals surface area contributed by atoms with Crippen LogP contribution in [-0.2, 0) is 0 Å². The molecule has 0 N–H and O–H groups in total. The highest BCUT2D eigenvalue weighted by Gasteiger charge is 2.26. The Morgan fingerprint density at radius 2 is 0.643 bits per heavy atom. The first-order valence-electron chi connectivity index (χ1n) is 19.3. The average molecular weight is 728 g/mol. The Balaban J connectivity index is 1.32. The van der Waals surface area contributed by atoms with Crippen molar-refractivity contribution in [2.24, 2.45) is 0 Å². The van der Waals surface area contributed by atoms with Crippen LogP contribution < -0.4 is 4.90 Å². The van der Waals surface area contributed by atoms with E-state index in [2.05, 4.69) is 205 Å². The third-order valence-corrected chi connectivity index (χ3v) is 12.9. The second-order valence-corrected chi connectivity index (χ2v) is 15.9. The molecular formula is C54H33NS. The van der Waals surface area contributed by atoms with Gasteiger partial charge in [0.1, 0.15) is 0 Å². The predicted molar refractivity (Wildman–Crippen MR) is 244 cm³/mol. The number of anilines is 3. The van der Waals surface area contributed by atoms with Crippen molar-refractivity contribution < 1.29 is 0 Å². The molecule has 260 valence electrons. The van der Waals surface area contributed by atoms with Crippen LogP contribution in [0.4, 0.5) is 17.1 Å². The van der Waals surface area contributed by atoms with E-state index in [1.165, 1.54) is 108 Å². The third-order valence-electron chi connectivity index (χ3n) is 11.8. The van der Waals surface area contributed by atoms with Crippen LogP contribution in [0, 0.1) is 0 Å². The molecule has 0 saturated carbocycles. The summed E-state index contributed by atoms with van der Waals surface area (Å²) in [5.74, 6) is 0. The van der Waals surface area contributed by atoms with Crippen molar-refractivity contribution in [1.82, 2.24) is 0 Å². The molecule has 1 aliphatic heterocycles. The average Bonchev–Trinajstić information content (AvgIpc) is 3.58. The van der Waals surface area contributed by atoms with Gasteiger partial charge in [-0.2, -0.15) is 0 Å². The minimum atomic E-state index is 1.13. The molecule has 0 unspecified atom stereocenters. The predicted octanol–water partition coefficient (Wildman–Crippen LogP) is 16.1. The van der Waals surface area contributed by atoms with Crippen LogP contribution >= 0.6 is 11.3 Å². The fraction of sp³-hybridized carbons (Fsp3) is 0. The Morgan fingerprint density at radius 1 is 0.250 bits per heavy atom. The van der Waals surface area contributed by atoms with Gasteiger partial charge in [-0.3, -0.25) is 0 Å². The lowest BCUT2D eigenvalue weighted by molar-refractivity contribution is 1.30. The molecule has 1 aliphatic rings. The molecule has 0 saturated heterocycles. The van der Waals surface area contributed by atoms with Crippen LogP contribution in [0.1, 0.15) is 0 Å². The molecule has 12 rings (SSSR count). The first-order valence-corrected chi connectivity index (χ1v) is 20.1. The van der Waals surface area contributed by atoms with Gasteiger partial charge >= 0.3 is 0 Å². The zero-order valence-electron chi connectivity index (χ0n) is 30.4. The molecule has 0 bridgehead atoms. The van der Waals surface area contributed by atoms with Crippen molar-refractivity contribution in [2.45, 2.75) is 0 Å². The zero-order valence-corrected chi connectivity index (χ0v) is 31.2. The lowest BCUT2D eigenvalue weighted by atomic mass is 9.93. The third kappa shape index (κ3) is 4.60. The number of hydrogen-bond acceptors (Lipinski definition) is 2. The lowest BCUT2D eigenvalue weighted by Gasteiger charge is -2.27. The maximum atomic E-state index is 2.49. The topological polar surface area (TPSA) is 3.24 Å². The lowest BCUT2D eigenvalue weighted by Crippen LogP contribution is -2.10. The molecule has 0 aliphatic carbocycles. The molecule has 56 heavy (non-hydrogen) atoms. The molecule has 0 amide bonds. The van der Waals surface area contributed by atoms with Crippen molar-refractivity contribution in [3.8, 4) is 22.3 Å². The van der Waals surface area contributed by atoms with Gasteiger partial charge in [0.05, 0.1) is 11.4 Å². The van der Waals surface area contributed by atoms with E-state index in [1.807, 2.05) is 11.3 Å². The van der Waals surface area contributed by atoms with Gasteiger partial charge in [0.2, 0.25) is 0 Å². The van der Waals surface area contributed by atoms with Gasteiger partial charge in [-0.05, 0) is 107 Å². The molecule has 2 heterocycles. The van der Waals surface area contributed by atoms with E-state index in [1.54, 1.807) is 0 Å². The molecular weight excluding hydrogens is 695 g/mol. The number of hydrogen-bond donors (Lipinski definition) is 0. The van der Waals surface area contributed by atoms with Crippen LogP contribution in [-0.4, -0.2) is 0 Å². The maximum Gasteiger partial charge on any atom is 0.0540 e. The Morgan fingerprint density at radius 3 is 1.20 bits per heavy atom. The van der Waals surface area contributed by atoms with Gasteiger partial charge in [-0.15, -0.1) is 11.3 Å². The Hall–Kier alpha value is -7.00. The summed E-state index contributed by atoms with van der Waals surface area (Å²) in [6, 6.07) is 74.5. The van der Waals surface area contributed by atoms with Gasteiger partial charge in [0.15, 0.2) is 0 Å². The monoisotopic (exact) mass is 727 g/mol. The van der Waals surface area contributed by atoms with Gasteiger partial charge in [-0.25, -0.2) is 0 Å². The first kappa shape index (κ1) is 31.4. The van der Waals surface area contributed by atoms with Gasteiger partial charge in [-0.1, -0.05) is 158 Å². The smallest absolute Gasteiger partial charge is 0.0540 e. The SMILES string of the molecule is c1ccc2c(c1)-c1ccccc1N(c1ccc3c4ccccc4c4ccccc4c4ccccc4c4cc5sc6ccccc6c5cc4c3c1)c1ccccc1-2. The standard InChI is InChI=1S/C54H33NS/c1-2-16-36-35(15-1)37-17-3-4-19-39(37)43-30-29-34(55-51-26-12-9-23-44(51)40-20-6-7-21-41(40)45-24-10-13-27-52(45)55)31-47(43)48-32-50-46-25-11-14-28-53(46)56-54(50)33-49(48)42-22-8-5-18-38(36)42/h1-33H. The van der Waals surface area contributed by atoms with Crippen LogP contribution in [0.3, 0.4) is 0 Å². The normalized spacial score (nSPS) is 12.2. The van der Waals surface area contributed by atoms with Crippen molar-refractivity contribution in [3.63, 3.8) is 0 Å². The largest absolute Gasteiger partial charge is 0.309 e. The van der Waals surface area contributed by atoms with Crippen LogP contribution in [0.25, 0.3) is 96.3 Å². The summed E-state index contributed by atoms with van der Waals surface area (Å²) >= 11 is 1.88. The summed E-state index contributed by atoms with van der Waals surface area (Å²) in [5.41, 5.74) is 8.41. The van der Waals surface area contributed by atoms with E-state index in [0.717, 1.165) is 5.69 Å². The number of benzene rings is 9. The Kier molecular flexibility index (Phi) is 6.87. The van der Waals surface area contributed by atoms with E-state index >= 15 is 0 Å². The summed E-state index contributed by atoms with van der Waals surface area (Å²) in [6.07, 6.45) is 0. The fourth-order valence-corrected chi connectivity index (χ4v) is 10.5. The number of fused-ring (bicyclic) bond motifs is 18. The number of nitrogens with zero attached hydrogens (tertiary/aromatic N) is 1. The van der Waals surface area contributed by atoms with Gasteiger partial charge in [0.25, 0.3) is 0 Å². The minimum Gasteiger partial charge on any atom is -0.309 e. The molecule has 2 heteroatoms. The van der Waals surface area contributed by atoms with Crippen LogP contribution in [0.15, 0.2) is 200 Å². The van der Waals surface area contributed by atoms with Gasteiger partial charge in [0, 0.05) is 37.0 Å². The summed E-state index contributed by atoms with van der Waals surface area (Å²) in [4.78, 5) is 2.48. The Bertz CT molecular complexity index is 3430. The van der Waals surface area contributed by atoms with Crippen LogP contribution in [0.5, 0.6) is 0 Å². The molecule has 1 nitrogen and oxygen atoms in total. The fourth-order valence-electron chi connectivity index (χ4n) is 9.36. The molecule has 11 aromatic rings. The minimum absolute atomic E-state index is 1.13. The maximum absolute atomic E-state index is 2.49. The van der Waals surface area contributed by atoms with Crippen LogP contribution in [0.2, 0.25) is 0 Å². The summed E-state index contributed by atoms with van der Waals surface area (Å²) in [6.45, 7) is 0. The molecule has 0 radical (unpaired) electrons. The molecule has 1 aromatic heterocycles. The highest BCUT2D eigenvalue weighted by Crippen LogP contribution is 2.51. The first-order chi connectivity index (χ1) is 27.8. The van der Waals surface area contributed by atoms with Crippen molar-refractivity contribution >= 4 is 102 Å². The molecule has 0 atom stereocenters. The van der Waals surface area contributed by atoms with E-state index in [4.69, 9.17) is 0 Å². The summed E-state index contributed by atoms with van der Waals surface area (Å²) in [7, 11) is 0. The van der Waals surface area contributed by atoms with E-state index in [9.17, 15) is 0 Å². The quantitative estimate of drug-likeness (QED) is 0.163. The van der Waals surface area contributed by atoms with Crippen molar-refractivity contribution in [3.05, 3.63) is 200 Å². The molecule has 0 spiro atoms. The molecule has 10 aromatic carbocycles. The second-order valence-electron chi connectivity index (χ2n) is 14.8. The Labute approximate surface area is 328 Å². The van der Waals surface area contributed by atoms with E-state index in [-0.39, 0.29) is 0 Å². The van der Waals surface area contributed by atoms with E-state index < -0.39 is 0 Å². The number of para-hydroxylation sites is 2. The van der Waals surface area contributed by atoms with Crippen molar-refractivity contribution in [2.75, 3.05) is 4.90 Å². The second kappa shape index (κ2) is 12.3.